The Morgan fingerprint density at radius 3 is 2.32 bits per heavy atom. The maximum atomic E-state index is 12.3. The van der Waals surface area contributed by atoms with E-state index in [2.05, 4.69) is 0 Å². The van der Waals surface area contributed by atoms with Crippen LogP contribution in [0.25, 0.3) is 16.9 Å². The van der Waals surface area contributed by atoms with Crippen LogP contribution in [-0.4, -0.2) is 30.7 Å². The molecule has 28 heavy (non-hydrogen) atoms. The maximum Gasteiger partial charge on any atom is 0.339 e. The fraction of sp³-hybridized carbons (Fsp3) is 0.182. The molecule has 0 aliphatic carbocycles. The molecule has 6 nitrogen and oxygen atoms in total. The van der Waals surface area contributed by atoms with Gasteiger partial charge in [0.05, 0.1) is 31.2 Å². The van der Waals surface area contributed by atoms with E-state index in [9.17, 15) is 14.7 Å². The molecule has 144 valence electrons. The Labute approximate surface area is 162 Å². The molecule has 0 amide bonds. The number of esters is 1. The van der Waals surface area contributed by atoms with Crippen molar-refractivity contribution in [3.8, 4) is 22.7 Å². The lowest BCUT2D eigenvalue weighted by Gasteiger charge is -2.17. The van der Waals surface area contributed by atoms with Gasteiger partial charge in [0, 0.05) is 11.7 Å². The van der Waals surface area contributed by atoms with Crippen LogP contribution >= 0.6 is 0 Å². The molecular formula is C22H20NO5-. The molecule has 6 heteroatoms. The van der Waals surface area contributed by atoms with E-state index < -0.39 is 11.9 Å². The summed E-state index contributed by atoms with van der Waals surface area (Å²) in [5.41, 5.74) is 3.50. The Balaban J connectivity index is 2.18. The standard InChI is InChI=1S/C22H21NO5/c1-27-17-11-7-15(8-12-17)19-13-9-16(10-14-21(24)25)23(19)20-6-4-3-5-18(20)22(26)28-2/h3-9,11-13H,10,14H2,1-2H3,(H,24,25)/p-1. The first kappa shape index (κ1) is 19.2. The summed E-state index contributed by atoms with van der Waals surface area (Å²) in [6.45, 7) is 0. The van der Waals surface area contributed by atoms with E-state index in [4.69, 9.17) is 9.47 Å². The SMILES string of the molecule is COC(=O)c1ccccc1-n1c(CCC(=O)[O-])ccc1-c1ccc(OC)cc1. The van der Waals surface area contributed by atoms with Crippen LogP contribution in [0.4, 0.5) is 0 Å². The van der Waals surface area contributed by atoms with Crippen LogP contribution in [0.2, 0.25) is 0 Å². The Hall–Kier alpha value is -3.54. The number of methoxy groups -OCH3 is 2. The van der Waals surface area contributed by atoms with Gasteiger partial charge in [-0.3, -0.25) is 0 Å². The summed E-state index contributed by atoms with van der Waals surface area (Å²) in [7, 11) is 2.93. The molecule has 0 spiro atoms. The van der Waals surface area contributed by atoms with Crippen molar-refractivity contribution < 1.29 is 24.2 Å². The van der Waals surface area contributed by atoms with Gasteiger partial charge in [0.2, 0.25) is 0 Å². The zero-order valence-corrected chi connectivity index (χ0v) is 15.7. The van der Waals surface area contributed by atoms with Crippen LogP contribution in [-0.2, 0) is 16.0 Å². The number of rotatable bonds is 7. The number of aromatic nitrogens is 1. The molecule has 0 radical (unpaired) electrons. The molecule has 1 aromatic heterocycles. The minimum absolute atomic E-state index is 0.119. The molecule has 0 bridgehead atoms. The molecule has 2 aromatic carbocycles. The summed E-state index contributed by atoms with van der Waals surface area (Å²) in [6.07, 6.45) is 0.153. The largest absolute Gasteiger partial charge is 0.550 e. The zero-order valence-electron chi connectivity index (χ0n) is 15.7. The molecule has 3 rings (SSSR count). The van der Waals surface area contributed by atoms with Gasteiger partial charge >= 0.3 is 5.97 Å². The number of aliphatic carboxylic acids is 1. The van der Waals surface area contributed by atoms with Crippen LogP contribution in [0.5, 0.6) is 5.75 Å². The second-order valence-corrected chi connectivity index (χ2v) is 6.15. The van der Waals surface area contributed by atoms with Crippen molar-refractivity contribution in [2.24, 2.45) is 0 Å². The van der Waals surface area contributed by atoms with Gasteiger partial charge in [-0.05, 0) is 66.9 Å². The van der Waals surface area contributed by atoms with Gasteiger partial charge in [-0.2, -0.15) is 0 Å². The molecule has 0 N–H and O–H groups in total. The highest BCUT2D eigenvalue weighted by Gasteiger charge is 2.18. The molecule has 0 atom stereocenters. The molecule has 0 saturated heterocycles. The van der Waals surface area contributed by atoms with E-state index in [-0.39, 0.29) is 12.8 Å². The van der Waals surface area contributed by atoms with Crippen molar-refractivity contribution in [3.63, 3.8) is 0 Å². The molecule has 0 aliphatic rings. The number of nitrogens with zero attached hydrogens (tertiary/aromatic N) is 1. The summed E-state index contributed by atoms with van der Waals surface area (Å²) < 4.78 is 12.0. The van der Waals surface area contributed by atoms with E-state index in [1.165, 1.54) is 7.11 Å². The Bertz CT molecular complexity index is 988. The quantitative estimate of drug-likeness (QED) is 0.591. The summed E-state index contributed by atoms with van der Waals surface area (Å²) >= 11 is 0. The predicted molar refractivity (Wildman–Crippen MR) is 102 cm³/mol. The molecule has 0 unspecified atom stereocenters. The van der Waals surface area contributed by atoms with Crippen molar-refractivity contribution in [2.75, 3.05) is 14.2 Å². The highest BCUT2D eigenvalue weighted by molar-refractivity contribution is 5.94. The summed E-state index contributed by atoms with van der Waals surface area (Å²) in [5.74, 6) is -0.857. The van der Waals surface area contributed by atoms with Gasteiger partial charge in [0.1, 0.15) is 5.75 Å². The first-order chi connectivity index (χ1) is 13.5. The highest BCUT2D eigenvalue weighted by atomic mass is 16.5. The average molecular weight is 378 g/mol. The zero-order chi connectivity index (χ0) is 20.1. The average Bonchev–Trinajstić information content (AvgIpc) is 3.15. The number of carboxylic acids is 1. The highest BCUT2D eigenvalue weighted by Crippen LogP contribution is 2.30. The number of carboxylic acid groups (broad SMARTS) is 1. The van der Waals surface area contributed by atoms with Crippen molar-refractivity contribution >= 4 is 11.9 Å². The van der Waals surface area contributed by atoms with Gasteiger partial charge in [-0.15, -0.1) is 0 Å². The first-order valence-electron chi connectivity index (χ1n) is 8.77. The molecule has 0 aliphatic heterocycles. The number of carbonyl (C=O) groups is 2. The first-order valence-corrected chi connectivity index (χ1v) is 8.77. The number of aryl methyl sites for hydroxylation is 1. The summed E-state index contributed by atoms with van der Waals surface area (Å²) in [5, 5.41) is 11.0. The predicted octanol–water partition coefficient (Wildman–Crippen LogP) is 2.62. The van der Waals surface area contributed by atoms with Gasteiger partial charge in [-0.25, -0.2) is 4.79 Å². The maximum absolute atomic E-state index is 12.3. The number of para-hydroxylation sites is 1. The van der Waals surface area contributed by atoms with Crippen molar-refractivity contribution in [1.82, 2.24) is 4.57 Å². The monoisotopic (exact) mass is 378 g/mol. The van der Waals surface area contributed by atoms with Crippen LogP contribution in [0.1, 0.15) is 22.5 Å². The topological polar surface area (TPSA) is 80.6 Å². The number of ether oxygens (including phenoxy) is 2. The van der Waals surface area contributed by atoms with Crippen LogP contribution in [0.3, 0.4) is 0 Å². The Kier molecular flexibility index (Phi) is 5.79. The number of benzene rings is 2. The van der Waals surface area contributed by atoms with E-state index in [0.29, 0.717) is 11.3 Å². The van der Waals surface area contributed by atoms with E-state index in [1.54, 1.807) is 19.2 Å². The lowest BCUT2D eigenvalue weighted by atomic mass is 10.1. The fourth-order valence-corrected chi connectivity index (χ4v) is 3.13. The fourth-order valence-electron chi connectivity index (χ4n) is 3.13. The third kappa shape index (κ3) is 3.91. The number of hydrogen-bond acceptors (Lipinski definition) is 5. The number of carbonyl (C=O) groups excluding carboxylic acids is 2. The normalized spacial score (nSPS) is 10.5. The van der Waals surface area contributed by atoms with Crippen molar-refractivity contribution in [2.45, 2.75) is 12.8 Å². The molecule has 0 fully saturated rings. The van der Waals surface area contributed by atoms with Crippen LogP contribution in [0.15, 0.2) is 60.7 Å². The van der Waals surface area contributed by atoms with E-state index >= 15 is 0 Å². The Morgan fingerprint density at radius 2 is 1.68 bits per heavy atom. The third-order valence-electron chi connectivity index (χ3n) is 4.48. The van der Waals surface area contributed by atoms with Gasteiger partial charge in [0.25, 0.3) is 0 Å². The lowest BCUT2D eigenvalue weighted by molar-refractivity contribution is -0.305. The second-order valence-electron chi connectivity index (χ2n) is 6.15. The van der Waals surface area contributed by atoms with Gasteiger partial charge < -0.3 is 23.9 Å². The smallest absolute Gasteiger partial charge is 0.339 e. The minimum Gasteiger partial charge on any atom is -0.550 e. The number of hydrogen-bond donors (Lipinski definition) is 0. The third-order valence-corrected chi connectivity index (χ3v) is 4.48. The van der Waals surface area contributed by atoms with Crippen LogP contribution < -0.4 is 9.84 Å². The lowest BCUT2D eigenvalue weighted by Crippen LogP contribution is -2.23. The van der Waals surface area contributed by atoms with Gasteiger partial charge in [-0.1, -0.05) is 12.1 Å². The minimum atomic E-state index is -1.12. The van der Waals surface area contributed by atoms with E-state index in [1.807, 2.05) is 53.1 Å². The molecule has 3 aromatic rings. The Morgan fingerprint density at radius 1 is 0.964 bits per heavy atom. The molecular weight excluding hydrogens is 358 g/mol. The van der Waals surface area contributed by atoms with Crippen LogP contribution in [0, 0.1) is 0 Å². The van der Waals surface area contributed by atoms with E-state index in [0.717, 1.165) is 22.7 Å². The summed E-state index contributed by atoms with van der Waals surface area (Å²) in [6, 6.07) is 18.3. The molecule has 1 heterocycles. The molecule has 0 saturated carbocycles. The summed E-state index contributed by atoms with van der Waals surface area (Å²) in [4.78, 5) is 23.3. The second kappa shape index (κ2) is 8.43. The van der Waals surface area contributed by atoms with Crippen molar-refractivity contribution in [1.29, 1.82) is 0 Å². The van der Waals surface area contributed by atoms with Gasteiger partial charge in [0.15, 0.2) is 0 Å². The van der Waals surface area contributed by atoms with Crippen molar-refractivity contribution in [3.05, 3.63) is 71.9 Å².